The summed E-state index contributed by atoms with van der Waals surface area (Å²) in [4.78, 5) is 11.4. The minimum Gasteiger partial charge on any atom is -0.462 e. The molecule has 0 amide bonds. The van der Waals surface area contributed by atoms with Gasteiger partial charge in [0.25, 0.3) is 0 Å². The van der Waals surface area contributed by atoms with Crippen LogP contribution in [0.5, 0.6) is 0 Å². The maximum atomic E-state index is 11.4. The molecular weight excluding hydrogens is 350 g/mol. The first-order valence-electron chi connectivity index (χ1n) is 10.9. The van der Waals surface area contributed by atoms with Crippen LogP contribution < -0.4 is 0 Å². The van der Waals surface area contributed by atoms with Crippen molar-refractivity contribution in [1.82, 2.24) is 15.0 Å². The van der Waals surface area contributed by atoms with Crippen molar-refractivity contribution in [2.75, 3.05) is 0 Å². The van der Waals surface area contributed by atoms with E-state index in [9.17, 15) is 4.79 Å². The van der Waals surface area contributed by atoms with Crippen LogP contribution in [0.3, 0.4) is 0 Å². The predicted molar refractivity (Wildman–Crippen MR) is 107 cm³/mol. The summed E-state index contributed by atoms with van der Waals surface area (Å²) < 4.78 is 7.55. The Balaban J connectivity index is 1.41. The van der Waals surface area contributed by atoms with Gasteiger partial charge in [-0.25, -0.2) is 4.68 Å². The minimum absolute atomic E-state index is 0.0781. The molecule has 2 saturated carbocycles. The number of fused-ring (bicyclic) bond motifs is 5. The Kier molecular flexibility index (Phi) is 4.08. The molecule has 0 saturated heterocycles. The van der Waals surface area contributed by atoms with E-state index in [0.717, 1.165) is 37.5 Å². The molecule has 1 aromatic heterocycles. The van der Waals surface area contributed by atoms with Crippen LogP contribution in [0, 0.1) is 28.6 Å². The van der Waals surface area contributed by atoms with Crippen molar-refractivity contribution in [2.24, 2.45) is 28.6 Å². The lowest BCUT2D eigenvalue weighted by molar-refractivity contribution is -0.148. The number of hydrogen-bond donors (Lipinski definition) is 0. The Bertz CT molecular complexity index is 842. The van der Waals surface area contributed by atoms with Crippen LogP contribution in [0.25, 0.3) is 5.70 Å². The molecule has 4 aliphatic rings. The quantitative estimate of drug-likeness (QED) is 0.554. The van der Waals surface area contributed by atoms with Gasteiger partial charge in [-0.15, -0.1) is 5.10 Å². The molecule has 28 heavy (non-hydrogen) atoms. The Morgan fingerprint density at radius 3 is 2.71 bits per heavy atom. The third-order valence-corrected chi connectivity index (χ3v) is 8.60. The second-order valence-corrected chi connectivity index (χ2v) is 9.86. The molecular formula is C23H31N3O2. The SMILES string of the molecule is CC(=O)O[C@H]1CC[C@@]2(C)C(=CCC3C2CC[C@]2(C)C(n4ccnn4)=CCC32)C1. The molecule has 1 aromatic rings. The van der Waals surface area contributed by atoms with Gasteiger partial charge in [-0.1, -0.05) is 36.8 Å². The van der Waals surface area contributed by atoms with Gasteiger partial charge in [0.1, 0.15) is 6.10 Å². The van der Waals surface area contributed by atoms with Crippen molar-refractivity contribution in [3.8, 4) is 0 Å². The standard InChI is InChI=1S/C23H31N3O2/c1-15(27)28-17-8-10-22(2)16(14-17)4-5-18-19-6-7-21(26-13-12-24-25-26)23(19,3)11-9-20(18)22/h4,7,12-13,17-20H,5-6,8-11,14H2,1-3H3/t17-,18?,19?,20?,22-,23-/m0/s1. The van der Waals surface area contributed by atoms with E-state index >= 15 is 0 Å². The highest BCUT2D eigenvalue weighted by atomic mass is 16.5. The van der Waals surface area contributed by atoms with Gasteiger partial charge in [-0.05, 0) is 61.7 Å². The number of esters is 1. The molecule has 5 rings (SSSR count). The Hall–Kier alpha value is -1.91. The number of rotatable bonds is 2. The number of aromatic nitrogens is 3. The van der Waals surface area contributed by atoms with Crippen LogP contribution in [-0.2, 0) is 9.53 Å². The Morgan fingerprint density at radius 2 is 1.96 bits per heavy atom. The van der Waals surface area contributed by atoms with Gasteiger partial charge in [0, 0.05) is 24.5 Å². The summed E-state index contributed by atoms with van der Waals surface area (Å²) in [5.41, 5.74) is 3.38. The van der Waals surface area contributed by atoms with E-state index < -0.39 is 0 Å². The monoisotopic (exact) mass is 381 g/mol. The molecule has 0 radical (unpaired) electrons. The molecule has 0 spiro atoms. The van der Waals surface area contributed by atoms with Gasteiger partial charge in [-0.2, -0.15) is 0 Å². The van der Waals surface area contributed by atoms with Gasteiger partial charge in [0.05, 0.1) is 12.4 Å². The molecule has 2 fully saturated rings. The zero-order chi connectivity index (χ0) is 19.5. The summed E-state index contributed by atoms with van der Waals surface area (Å²) in [5.74, 6) is 2.02. The van der Waals surface area contributed by atoms with Gasteiger partial charge in [0.2, 0.25) is 0 Å². The van der Waals surface area contributed by atoms with E-state index in [4.69, 9.17) is 4.74 Å². The summed E-state index contributed by atoms with van der Waals surface area (Å²) >= 11 is 0. The second kappa shape index (κ2) is 6.30. The van der Waals surface area contributed by atoms with E-state index in [1.165, 1.54) is 31.9 Å². The number of nitrogens with zero attached hydrogens (tertiary/aromatic N) is 3. The Morgan fingerprint density at radius 1 is 1.14 bits per heavy atom. The molecule has 5 heteroatoms. The van der Waals surface area contributed by atoms with Crippen molar-refractivity contribution in [3.05, 3.63) is 30.1 Å². The maximum Gasteiger partial charge on any atom is 0.302 e. The van der Waals surface area contributed by atoms with Crippen LogP contribution in [0.4, 0.5) is 0 Å². The molecule has 6 atom stereocenters. The topological polar surface area (TPSA) is 57.0 Å². The predicted octanol–water partition coefficient (Wildman–Crippen LogP) is 4.62. The third kappa shape index (κ3) is 2.54. The summed E-state index contributed by atoms with van der Waals surface area (Å²) in [5, 5.41) is 8.33. The second-order valence-electron chi connectivity index (χ2n) is 9.86. The number of carbonyl (C=O) groups is 1. The first-order chi connectivity index (χ1) is 13.4. The lowest BCUT2D eigenvalue weighted by atomic mass is 9.48. The molecule has 150 valence electrons. The summed E-state index contributed by atoms with van der Waals surface area (Å²) in [6.07, 6.45) is 16.7. The van der Waals surface area contributed by atoms with Crippen molar-refractivity contribution in [1.29, 1.82) is 0 Å². The molecule has 0 aliphatic heterocycles. The van der Waals surface area contributed by atoms with Gasteiger partial charge in [-0.3, -0.25) is 4.79 Å². The highest BCUT2D eigenvalue weighted by molar-refractivity contribution is 5.66. The smallest absolute Gasteiger partial charge is 0.302 e. The lowest BCUT2D eigenvalue weighted by Crippen LogP contribution is -2.50. The minimum atomic E-state index is -0.144. The highest BCUT2D eigenvalue weighted by Crippen LogP contribution is 2.65. The fraction of sp³-hybridized carbons (Fsp3) is 0.696. The fourth-order valence-corrected chi connectivity index (χ4v) is 7.20. The van der Waals surface area contributed by atoms with Crippen molar-refractivity contribution >= 4 is 11.7 Å². The molecule has 5 nitrogen and oxygen atoms in total. The van der Waals surface area contributed by atoms with Crippen LogP contribution >= 0.6 is 0 Å². The first-order valence-corrected chi connectivity index (χ1v) is 10.9. The summed E-state index contributed by atoms with van der Waals surface area (Å²) in [7, 11) is 0. The highest BCUT2D eigenvalue weighted by Gasteiger charge is 2.57. The number of ether oxygens (including phenoxy) is 1. The zero-order valence-electron chi connectivity index (χ0n) is 17.2. The summed E-state index contributed by atoms with van der Waals surface area (Å²) in [6, 6.07) is 0. The van der Waals surface area contributed by atoms with Crippen molar-refractivity contribution in [2.45, 2.75) is 71.8 Å². The number of hydrogen-bond acceptors (Lipinski definition) is 4. The Labute approximate surface area is 167 Å². The van der Waals surface area contributed by atoms with Crippen molar-refractivity contribution in [3.63, 3.8) is 0 Å². The largest absolute Gasteiger partial charge is 0.462 e. The molecule has 0 N–H and O–H groups in total. The third-order valence-electron chi connectivity index (χ3n) is 8.60. The number of carbonyl (C=O) groups excluding carboxylic acids is 1. The van der Waals surface area contributed by atoms with Crippen molar-refractivity contribution < 1.29 is 9.53 Å². The van der Waals surface area contributed by atoms with E-state index in [2.05, 4.69) is 36.3 Å². The molecule has 0 aromatic carbocycles. The maximum absolute atomic E-state index is 11.4. The van der Waals surface area contributed by atoms with Crippen LogP contribution in [0.1, 0.15) is 65.7 Å². The molecule has 0 bridgehead atoms. The van der Waals surface area contributed by atoms with E-state index in [-0.39, 0.29) is 22.9 Å². The van der Waals surface area contributed by atoms with Crippen LogP contribution in [-0.4, -0.2) is 27.1 Å². The fourth-order valence-electron chi connectivity index (χ4n) is 7.20. The molecule has 4 aliphatic carbocycles. The first kappa shape index (κ1) is 18.1. The lowest BCUT2D eigenvalue weighted by Gasteiger charge is -2.57. The average Bonchev–Trinajstić information content (AvgIpc) is 3.28. The molecule has 3 unspecified atom stereocenters. The van der Waals surface area contributed by atoms with E-state index in [1.54, 1.807) is 11.8 Å². The number of allylic oxidation sites excluding steroid dienone is 3. The zero-order valence-corrected chi connectivity index (χ0v) is 17.2. The van der Waals surface area contributed by atoms with Crippen LogP contribution in [0.2, 0.25) is 0 Å². The van der Waals surface area contributed by atoms with Crippen LogP contribution in [0.15, 0.2) is 30.1 Å². The van der Waals surface area contributed by atoms with E-state index in [1.807, 2.05) is 10.9 Å². The van der Waals surface area contributed by atoms with Gasteiger partial charge >= 0.3 is 5.97 Å². The van der Waals surface area contributed by atoms with Gasteiger partial charge < -0.3 is 4.74 Å². The van der Waals surface area contributed by atoms with E-state index in [0.29, 0.717) is 5.92 Å². The molecule has 1 heterocycles. The summed E-state index contributed by atoms with van der Waals surface area (Å²) in [6.45, 7) is 6.47. The van der Waals surface area contributed by atoms with Gasteiger partial charge in [0.15, 0.2) is 0 Å². The average molecular weight is 382 g/mol. The normalized spacial score (nSPS) is 42.0.